The summed E-state index contributed by atoms with van der Waals surface area (Å²) in [7, 11) is 0. The van der Waals surface area contributed by atoms with Crippen molar-refractivity contribution >= 4 is 11.7 Å². The first kappa shape index (κ1) is 16.1. The van der Waals surface area contributed by atoms with E-state index in [1.54, 1.807) is 6.33 Å². The maximum absolute atomic E-state index is 12.5. The van der Waals surface area contributed by atoms with Gasteiger partial charge in [-0.05, 0) is 30.9 Å². The number of amides is 1. The van der Waals surface area contributed by atoms with E-state index >= 15 is 0 Å². The highest BCUT2D eigenvalue weighted by Gasteiger charge is 2.25. The van der Waals surface area contributed by atoms with Crippen LogP contribution in [0.2, 0.25) is 0 Å². The smallest absolute Gasteiger partial charge is 0.222 e. The molecule has 0 N–H and O–H groups in total. The van der Waals surface area contributed by atoms with Gasteiger partial charge in [0.25, 0.3) is 0 Å². The second-order valence-corrected chi connectivity index (χ2v) is 7.05. The van der Waals surface area contributed by atoms with Gasteiger partial charge in [0.2, 0.25) is 5.91 Å². The Balaban J connectivity index is 1.35. The molecule has 0 spiro atoms. The number of nitrogens with zero attached hydrogens (tertiary/aromatic N) is 5. The molecule has 6 nitrogen and oxygen atoms in total. The molecule has 132 valence electrons. The maximum atomic E-state index is 12.5. The van der Waals surface area contributed by atoms with Crippen LogP contribution in [0, 0.1) is 5.92 Å². The summed E-state index contributed by atoms with van der Waals surface area (Å²) in [6.45, 7) is 3.24. The summed E-state index contributed by atoms with van der Waals surface area (Å²) in [6.07, 6.45) is 11.4. The summed E-state index contributed by atoms with van der Waals surface area (Å²) < 4.78 is 1.98. The zero-order valence-corrected chi connectivity index (χ0v) is 14.5. The molecule has 2 fully saturated rings. The predicted octanol–water partition coefficient (Wildman–Crippen LogP) is 2.50. The lowest BCUT2D eigenvalue weighted by Gasteiger charge is -2.36. The summed E-state index contributed by atoms with van der Waals surface area (Å²) in [5.41, 5.74) is 0. The molecule has 6 heteroatoms. The van der Waals surface area contributed by atoms with E-state index in [0.717, 1.165) is 44.2 Å². The number of anilines is 1. The molecule has 1 amide bonds. The van der Waals surface area contributed by atoms with Crippen molar-refractivity contribution in [2.24, 2.45) is 5.92 Å². The lowest BCUT2D eigenvalue weighted by molar-refractivity contribution is -0.132. The highest BCUT2D eigenvalue weighted by molar-refractivity contribution is 5.76. The summed E-state index contributed by atoms with van der Waals surface area (Å²) in [6, 6.07) is 5.98. The van der Waals surface area contributed by atoms with Crippen molar-refractivity contribution < 1.29 is 4.79 Å². The summed E-state index contributed by atoms with van der Waals surface area (Å²) in [5, 5.41) is 0. The Labute approximate surface area is 148 Å². The van der Waals surface area contributed by atoms with E-state index in [-0.39, 0.29) is 0 Å². The van der Waals surface area contributed by atoms with Gasteiger partial charge in [-0.25, -0.2) is 9.97 Å². The molecule has 0 radical (unpaired) electrons. The number of hydrogen-bond acceptors (Lipinski definition) is 4. The number of rotatable bonds is 4. The number of hydrogen-bond donors (Lipinski definition) is 0. The van der Waals surface area contributed by atoms with Crippen LogP contribution in [-0.4, -0.2) is 51.5 Å². The number of carbonyl (C=O) groups is 1. The molecule has 1 saturated heterocycles. The minimum Gasteiger partial charge on any atom is -0.353 e. The lowest BCUT2D eigenvalue weighted by atomic mass is 10.0. The van der Waals surface area contributed by atoms with Gasteiger partial charge < -0.3 is 14.4 Å². The first-order chi connectivity index (χ1) is 12.3. The lowest BCUT2D eigenvalue weighted by Crippen LogP contribution is -2.49. The Morgan fingerprint density at radius 2 is 1.68 bits per heavy atom. The average Bonchev–Trinajstić information content (AvgIpc) is 3.36. The van der Waals surface area contributed by atoms with Crippen molar-refractivity contribution in [2.75, 3.05) is 31.1 Å². The number of piperazine rings is 1. The Bertz CT molecular complexity index is 700. The third kappa shape index (κ3) is 3.67. The third-order valence-electron chi connectivity index (χ3n) is 5.40. The highest BCUT2D eigenvalue weighted by atomic mass is 16.2. The van der Waals surface area contributed by atoms with Gasteiger partial charge >= 0.3 is 0 Å². The van der Waals surface area contributed by atoms with E-state index in [9.17, 15) is 4.79 Å². The quantitative estimate of drug-likeness (QED) is 0.859. The molecule has 4 rings (SSSR count). The van der Waals surface area contributed by atoms with E-state index in [4.69, 9.17) is 0 Å². The van der Waals surface area contributed by atoms with Crippen LogP contribution in [0.3, 0.4) is 0 Å². The van der Waals surface area contributed by atoms with E-state index in [1.807, 2.05) is 40.1 Å². The summed E-state index contributed by atoms with van der Waals surface area (Å²) in [4.78, 5) is 25.5. The molecule has 0 bridgehead atoms. The first-order valence-corrected chi connectivity index (χ1v) is 9.28. The minimum absolute atomic E-state index is 0.335. The molecule has 25 heavy (non-hydrogen) atoms. The normalized spacial score (nSPS) is 18.7. The fourth-order valence-corrected chi connectivity index (χ4v) is 3.91. The second-order valence-electron chi connectivity index (χ2n) is 7.05. The van der Waals surface area contributed by atoms with Gasteiger partial charge in [0, 0.05) is 51.1 Å². The molecule has 2 aromatic heterocycles. The second kappa shape index (κ2) is 7.25. The van der Waals surface area contributed by atoms with Crippen molar-refractivity contribution in [3.05, 3.63) is 36.9 Å². The Morgan fingerprint density at radius 3 is 2.40 bits per heavy atom. The largest absolute Gasteiger partial charge is 0.353 e. The minimum atomic E-state index is 0.335. The summed E-state index contributed by atoms with van der Waals surface area (Å²) in [5.74, 6) is 2.76. The van der Waals surface area contributed by atoms with Gasteiger partial charge in [0.05, 0.1) is 0 Å². The molecule has 2 aromatic rings. The fourth-order valence-electron chi connectivity index (χ4n) is 3.91. The number of carbonyl (C=O) groups excluding carboxylic acids is 1. The Hall–Kier alpha value is -2.37. The van der Waals surface area contributed by atoms with E-state index in [0.29, 0.717) is 11.8 Å². The first-order valence-electron chi connectivity index (χ1n) is 9.28. The van der Waals surface area contributed by atoms with Crippen LogP contribution in [-0.2, 0) is 4.79 Å². The topological polar surface area (TPSA) is 54.3 Å². The van der Waals surface area contributed by atoms with Crippen molar-refractivity contribution in [2.45, 2.75) is 32.1 Å². The van der Waals surface area contributed by atoms with Crippen LogP contribution in [0.4, 0.5) is 5.82 Å². The standard InChI is InChI=1S/C19H25N5O/c25-19(13-16-5-1-2-6-16)24-11-9-23(10-12-24)18-14-17(20-15-21-18)22-7-3-4-8-22/h3-4,7-8,14-16H,1-2,5-6,9-13H2. The van der Waals surface area contributed by atoms with Crippen molar-refractivity contribution in [1.29, 1.82) is 0 Å². The average molecular weight is 339 g/mol. The van der Waals surface area contributed by atoms with E-state index in [2.05, 4.69) is 14.9 Å². The molecule has 1 saturated carbocycles. The molecular weight excluding hydrogens is 314 g/mol. The molecule has 2 aliphatic rings. The Morgan fingerprint density at radius 1 is 1.00 bits per heavy atom. The number of aromatic nitrogens is 3. The molecule has 1 aliphatic carbocycles. The van der Waals surface area contributed by atoms with E-state index in [1.165, 1.54) is 25.7 Å². The fraction of sp³-hybridized carbons (Fsp3) is 0.526. The van der Waals surface area contributed by atoms with Gasteiger partial charge in [-0.3, -0.25) is 4.79 Å². The van der Waals surface area contributed by atoms with Crippen molar-refractivity contribution in [3.8, 4) is 5.82 Å². The monoisotopic (exact) mass is 339 g/mol. The van der Waals surface area contributed by atoms with Gasteiger partial charge in [0.1, 0.15) is 18.0 Å². The van der Waals surface area contributed by atoms with Crippen LogP contribution in [0.1, 0.15) is 32.1 Å². The van der Waals surface area contributed by atoms with Crippen molar-refractivity contribution in [1.82, 2.24) is 19.4 Å². The molecular formula is C19H25N5O. The molecule has 1 aliphatic heterocycles. The van der Waals surface area contributed by atoms with Gasteiger partial charge in [-0.2, -0.15) is 0 Å². The van der Waals surface area contributed by atoms with Gasteiger partial charge in [-0.15, -0.1) is 0 Å². The zero-order valence-electron chi connectivity index (χ0n) is 14.5. The SMILES string of the molecule is O=C(CC1CCCC1)N1CCN(c2cc(-n3cccc3)ncn2)CC1. The van der Waals surface area contributed by atoms with Gasteiger partial charge in [0.15, 0.2) is 0 Å². The maximum Gasteiger partial charge on any atom is 0.222 e. The third-order valence-corrected chi connectivity index (χ3v) is 5.40. The molecule has 0 unspecified atom stereocenters. The van der Waals surface area contributed by atoms with Crippen LogP contribution in [0.15, 0.2) is 36.9 Å². The molecule has 0 aromatic carbocycles. The van der Waals surface area contributed by atoms with Gasteiger partial charge in [-0.1, -0.05) is 12.8 Å². The predicted molar refractivity (Wildman–Crippen MR) is 96.7 cm³/mol. The molecule has 0 atom stereocenters. The zero-order chi connectivity index (χ0) is 17.1. The van der Waals surface area contributed by atoms with E-state index < -0.39 is 0 Å². The van der Waals surface area contributed by atoms with Crippen LogP contribution in [0.25, 0.3) is 5.82 Å². The molecule has 3 heterocycles. The Kier molecular flexibility index (Phi) is 4.68. The van der Waals surface area contributed by atoms with Crippen LogP contribution in [0.5, 0.6) is 0 Å². The van der Waals surface area contributed by atoms with Crippen LogP contribution < -0.4 is 4.90 Å². The highest BCUT2D eigenvalue weighted by Crippen LogP contribution is 2.28. The van der Waals surface area contributed by atoms with Crippen molar-refractivity contribution in [3.63, 3.8) is 0 Å². The van der Waals surface area contributed by atoms with Crippen LogP contribution >= 0.6 is 0 Å². The summed E-state index contributed by atoms with van der Waals surface area (Å²) >= 11 is 0.